The van der Waals surface area contributed by atoms with Crippen molar-refractivity contribution in [3.05, 3.63) is 48.6 Å². The Hall–Kier alpha value is -2.87. The molecule has 1 saturated heterocycles. The number of hydrogen-bond acceptors (Lipinski definition) is 6. The van der Waals surface area contributed by atoms with Crippen LogP contribution < -0.4 is 5.32 Å². The van der Waals surface area contributed by atoms with E-state index < -0.39 is 35.2 Å². The lowest BCUT2D eigenvalue weighted by molar-refractivity contribution is -0.147. The maximum Gasteiger partial charge on any atom is 0.411 e. The van der Waals surface area contributed by atoms with E-state index in [1.54, 1.807) is 26.8 Å². The van der Waals surface area contributed by atoms with Gasteiger partial charge in [0.1, 0.15) is 17.2 Å². The van der Waals surface area contributed by atoms with Crippen molar-refractivity contribution in [3.8, 4) is 0 Å². The summed E-state index contributed by atoms with van der Waals surface area (Å²) in [6, 6.07) is 8.86. The third kappa shape index (κ3) is 5.30. The summed E-state index contributed by atoms with van der Waals surface area (Å²) in [6.07, 6.45) is 1.41. The van der Waals surface area contributed by atoms with Crippen LogP contribution in [0.4, 0.5) is 4.79 Å². The lowest BCUT2D eigenvalue weighted by Crippen LogP contribution is -2.53. The molecule has 3 rings (SSSR count). The van der Waals surface area contributed by atoms with Gasteiger partial charge < -0.3 is 19.5 Å². The van der Waals surface area contributed by atoms with E-state index in [1.807, 2.05) is 30.3 Å². The Bertz CT molecular complexity index is 865. The van der Waals surface area contributed by atoms with Crippen LogP contribution in [0.3, 0.4) is 0 Å². The summed E-state index contributed by atoms with van der Waals surface area (Å²) in [5, 5.41) is 2.81. The van der Waals surface area contributed by atoms with Gasteiger partial charge in [-0.3, -0.25) is 9.69 Å². The van der Waals surface area contributed by atoms with Gasteiger partial charge in [0.15, 0.2) is 0 Å². The summed E-state index contributed by atoms with van der Waals surface area (Å²) in [5.74, 6) is -1.16. The highest BCUT2D eigenvalue weighted by atomic mass is 16.6. The predicted octanol–water partition coefficient (Wildman–Crippen LogP) is 2.82. The minimum absolute atomic E-state index is 0.208. The second kappa shape index (κ2) is 9.32. The first-order valence-corrected chi connectivity index (χ1v) is 10.8. The number of ether oxygens (including phenoxy) is 3. The number of esters is 1. The number of rotatable bonds is 7. The SMILES string of the molecule is C=CC1C[C@]1(NC(=O)[C@@H]1C[C@@H](OCc2ccccc2)CN1C(=O)OC(C)(C)C)C(=O)OC. The monoisotopic (exact) mass is 444 g/mol. The average molecular weight is 445 g/mol. The smallest absolute Gasteiger partial charge is 0.411 e. The molecule has 1 aromatic rings. The van der Waals surface area contributed by atoms with Crippen LogP contribution in [0.2, 0.25) is 0 Å². The zero-order valence-electron chi connectivity index (χ0n) is 19.1. The van der Waals surface area contributed by atoms with Crippen molar-refractivity contribution in [1.29, 1.82) is 0 Å². The molecule has 1 N–H and O–H groups in total. The van der Waals surface area contributed by atoms with Gasteiger partial charge in [-0.25, -0.2) is 9.59 Å². The number of nitrogens with one attached hydrogen (secondary N) is 1. The highest BCUT2D eigenvalue weighted by molar-refractivity contribution is 5.94. The van der Waals surface area contributed by atoms with Crippen LogP contribution in [0.15, 0.2) is 43.0 Å². The lowest BCUT2D eigenvalue weighted by atomic mass is 10.1. The number of nitrogens with zero attached hydrogens (tertiary/aromatic N) is 1. The number of likely N-dealkylation sites (tertiary alicyclic amines) is 1. The first-order valence-electron chi connectivity index (χ1n) is 10.8. The molecule has 0 spiro atoms. The zero-order valence-corrected chi connectivity index (χ0v) is 19.1. The average Bonchev–Trinajstić information content (AvgIpc) is 3.28. The maximum atomic E-state index is 13.2. The Labute approximate surface area is 188 Å². The summed E-state index contributed by atoms with van der Waals surface area (Å²) < 4.78 is 16.4. The standard InChI is InChI=1S/C24H32N2O6/c1-6-17-13-24(17,21(28)30-5)25-20(27)19-12-18(31-15-16-10-8-7-9-11-16)14-26(19)22(29)32-23(2,3)4/h6-11,17-19H,1,12-15H2,2-5H3,(H,25,27)/t17?,18-,19+,24-/m1/s1. The number of hydrogen-bond donors (Lipinski definition) is 1. The van der Waals surface area contributed by atoms with E-state index in [9.17, 15) is 14.4 Å². The molecule has 8 heteroatoms. The Kier molecular flexibility index (Phi) is 6.93. The van der Waals surface area contributed by atoms with Crippen LogP contribution >= 0.6 is 0 Å². The van der Waals surface area contributed by atoms with Crippen molar-refractivity contribution >= 4 is 18.0 Å². The van der Waals surface area contributed by atoms with E-state index in [1.165, 1.54) is 12.0 Å². The van der Waals surface area contributed by atoms with Crippen molar-refractivity contribution in [1.82, 2.24) is 10.2 Å². The van der Waals surface area contributed by atoms with Gasteiger partial charge in [0.05, 0.1) is 26.4 Å². The van der Waals surface area contributed by atoms with Gasteiger partial charge in [0.2, 0.25) is 5.91 Å². The molecule has 4 atom stereocenters. The van der Waals surface area contributed by atoms with E-state index in [4.69, 9.17) is 14.2 Å². The molecule has 2 fully saturated rings. The molecule has 174 valence electrons. The molecule has 1 unspecified atom stereocenters. The van der Waals surface area contributed by atoms with Crippen molar-refractivity contribution in [2.75, 3.05) is 13.7 Å². The van der Waals surface area contributed by atoms with Crippen LogP contribution in [-0.2, 0) is 30.4 Å². The molecular formula is C24H32N2O6. The molecule has 8 nitrogen and oxygen atoms in total. The summed E-state index contributed by atoms with van der Waals surface area (Å²) >= 11 is 0. The van der Waals surface area contributed by atoms with Crippen molar-refractivity contribution in [3.63, 3.8) is 0 Å². The topological polar surface area (TPSA) is 94.2 Å². The van der Waals surface area contributed by atoms with Crippen LogP contribution in [0, 0.1) is 5.92 Å². The second-order valence-corrected chi connectivity index (χ2v) is 9.30. The van der Waals surface area contributed by atoms with Gasteiger partial charge in [-0.15, -0.1) is 6.58 Å². The molecule has 1 saturated carbocycles. The summed E-state index contributed by atoms with van der Waals surface area (Å²) in [4.78, 5) is 39.8. The third-order valence-corrected chi connectivity index (χ3v) is 5.72. The van der Waals surface area contributed by atoms with Crippen LogP contribution in [0.5, 0.6) is 0 Å². The third-order valence-electron chi connectivity index (χ3n) is 5.72. The second-order valence-electron chi connectivity index (χ2n) is 9.30. The lowest BCUT2D eigenvalue weighted by Gasteiger charge is -2.28. The van der Waals surface area contributed by atoms with Crippen LogP contribution in [0.1, 0.15) is 39.2 Å². The number of benzene rings is 1. The minimum Gasteiger partial charge on any atom is -0.467 e. The summed E-state index contributed by atoms with van der Waals surface area (Å²) in [6.45, 7) is 9.62. The molecule has 1 aromatic carbocycles. The largest absolute Gasteiger partial charge is 0.467 e. The Morgan fingerprint density at radius 2 is 1.94 bits per heavy atom. The van der Waals surface area contributed by atoms with Gasteiger partial charge in [-0.05, 0) is 32.8 Å². The fraction of sp³-hybridized carbons (Fsp3) is 0.542. The molecular weight excluding hydrogens is 412 g/mol. The van der Waals surface area contributed by atoms with Gasteiger partial charge in [0, 0.05) is 12.3 Å². The molecule has 0 aromatic heterocycles. The van der Waals surface area contributed by atoms with Gasteiger partial charge in [-0.2, -0.15) is 0 Å². The fourth-order valence-electron chi connectivity index (χ4n) is 3.96. The molecule has 1 aliphatic carbocycles. The van der Waals surface area contributed by atoms with Crippen molar-refractivity contribution in [2.24, 2.45) is 5.92 Å². The van der Waals surface area contributed by atoms with Crippen LogP contribution in [0.25, 0.3) is 0 Å². The van der Waals surface area contributed by atoms with Crippen molar-refractivity contribution in [2.45, 2.75) is 63.5 Å². The molecule has 2 amide bonds. The minimum atomic E-state index is -1.13. The summed E-state index contributed by atoms with van der Waals surface area (Å²) in [5.41, 5.74) is -0.838. The first-order chi connectivity index (χ1) is 15.1. The number of methoxy groups -OCH3 is 1. The maximum absolute atomic E-state index is 13.2. The first kappa shape index (κ1) is 23.8. The molecule has 1 heterocycles. The van der Waals surface area contributed by atoms with Gasteiger partial charge >= 0.3 is 12.1 Å². The van der Waals surface area contributed by atoms with E-state index in [2.05, 4.69) is 11.9 Å². The number of carbonyl (C=O) groups excluding carboxylic acids is 3. The van der Waals surface area contributed by atoms with Crippen LogP contribution in [-0.4, -0.2) is 59.8 Å². The molecule has 2 aliphatic rings. The highest BCUT2D eigenvalue weighted by Gasteiger charge is 2.61. The predicted molar refractivity (Wildman–Crippen MR) is 118 cm³/mol. The Balaban J connectivity index is 1.73. The van der Waals surface area contributed by atoms with E-state index in [0.717, 1.165) is 5.56 Å². The zero-order chi connectivity index (χ0) is 23.5. The van der Waals surface area contributed by atoms with Gasteiger partial charge in [0.25, 0.3) is 0 Å². The normalized spacial score (nSPS) is 26.9. The molecule has 0 bridgehead atoms. The number of amides is 2. The Morgan fingerprint density at radius 3 is 2.50 bits per heavy atom. The van der Waals surface area contributed by atoms with Gasteiger partial charge in [-0.1, -0.05) is 36.4 Å². The molecule has 32 heavy (non-hydrogen) atoms. The van der Waals surface area contributed by atoms with E-state index in [-0.39, 0.29) is 18.6 Å². The molecule has 1 aliphatic heterocycles. The summed E-state index contributed by atoms with van der Waals surface area (Å²) in [7, 11) is 1.28. The number of carbonyl (C=O) groups is 3. The van der Waals surface area contributed by atoms with E-state index >= 15 is 0 Å². The quantitative estimate of drug-likeness (QED) is 0.513. The fourth-order valence-corrected chi connectivity index (χ4v) is 3.96. The highest BCUT2D eigenvalue weighted by Crippen LogP contribution is 2.45. The Morgan fingerprint density at radius 1 is 1.25 bits per heavy atom. The van der Waals surface area contributed by atoms with Crippen molar-refractivity contribution < 1.29 is 28.6 Å². The molecule has 0 radical (unpaired) electrons. The van der Waals surface area contributed by atoms with E-state index in [0.29, 0.717) is 19.4 Å².